The van der Waals surface area contributed by atoms with Crippen LogP contribution in [0.1, 0.15) is 17.3 Å². The fourth-order valence-electron chi connectivity index (χ4n) is 2.14. The topological polar surface area (TPSA) is 77.0 Å². The summed E-state index contributed by atoms with van der Waals surface area (Å²) in [7, 11) is 0. The Morgan fingerprint density at radius 3 is 2.75 bits per heavy atom. The molecular formula is C18H16N4O2. The number of pyridine rings is 1. The van der Waals surface area contributed by atoms with E-state index in [1.54, 1.807) is 43.6 Å². The van der Waals surface area contributed by atoms with E-state index in [0.717, 1.165) is 11.4 Å². The first-order valence-electron chi connectivity index (χ1n) is 7.55. The Hall–Kier alpha value is -3.28. The molecule has 120 valence electrons. The molecule has 24 heavy (non-hydrogen) atoms. The maximum absolute atomic E-state index is 11.8. The minimum absolute atomic E-state index is 0.339. The van der Waals surface area contributed by atoms with Crippen LogP contribution >= 0.6 is 0 Å². The third-order valence-corrected chi connectivity index (χ3v) is 3.21. The molecule has 3 rings (SSSR count). The molecule has 0 bridgehead atoms. The van der Waals surface area contributed by atoms with Gasteiger partial charge in [0.2, 0.25) is 5.95 Å². The van der Waals surface area contributed by atoms with Gasteiger partial charge in [-0.2, -0.15) is 0 Å². The lowest BCUT2D eigenvalue weighted by Crippen LogP contribution is -2.05. The van der Waals surface area contributed by atoms with Gasteiger partial charge in [-0.3, -0.25) is 4.98 Å². The Labute approximate surface area is 139 Å². The SMILES string of the molecule is CCOC(=O)c1cccc(Nc2nccc(-c3ccccn3)n2)c1. The van der Waals surface area contributed by atoms with Crippen molar-refractivity contribution in [2.24, 2.45) is 0 Å². The molecule has 0 fully saturated rings. The van der Waals surface area contributed by atoms with Gasteiger partial charge in [-0.25, -0.2) is 14.8 Å². The highest BCUT2D eigenvalue weighted by Gasteiger charge is 2.08. The van der Waals surface area contributed by atoms with Gasteiger partial charge in [0.15, 0.2) is 0 Å². The average molecular weight is 320 g/mol. The standard InChI is InChI=1S/C18H16N4O2/c1-2-24-17(23)13-6-5-7-14(12-13)21-18-20-11-9-16(22-18)15-8-3-4-10-19-15/h3-12H,2H2,1H3,(H,20,21,22). The molecule has 0 unspecified atom stereocenters. The van der Waals surface area contributed by atoms with Gasteiger partial charge in [-0.1, -0.05) is 12.1 Å². The molecule has 0 spiro atoms. The number of rotatable bonds is 5. The fourth-order valence-corrected chi connectivity index (χ4v) is 2.14. The van der Waals surface area contributed by atoms with E-state index in [9.17, 15) is 4.79 Å². The number of esters is 1. The minimum atomic E-state index is -0.357. The number of carbonyl (C=O) groups is 1. The summed E-state index contributed by atoms with van der Waals surface area (Å²) in [5.41, 5.74) is 2.67. The van der Waals surface area contributed by atoms with Gasteiger partial charge in [0.25, 0.3) is 0 Å². The molecule has 6 nitrogen and oxygen atoms in total. The number of ether oxygens (including phenoxy) is 1. The maximum Gasteiger partial charge on any atom is 0.338 e. The van der Waals surface area contributed by atoms with E-state index in [1.807, 2.05) is 24.3 Å². The van der Waals surface area contributed by atoms with Crippen LogP contribution in [0.2, 0.25) is 0 Å². The summed E-state index contributed by atoms with van der Waals surface area (Å²) in [6, 6.07) is 14.4. The van der Waals surface area contributed by atoms with Gasteiger partial charge in [0, 0.05) is 18.1 Å². The van der Waals surface area contributed by atoms with E-state index >= 15 is 0 Å². The zero-order valence-electron chi connectivity index (χ0n) is 13.1. The molecule has 0 atom stereocenters. The number of anilines is 2. The molecule has 1 aromatic carbocycles. The van der Waals surface area contributed by atoms with Gasteiger partial charge < -0.3 is 10.1 Å². The van der Waals surface area contributed by atoms with Crippen molar-refractivity contribution in [1.82, 2.24) is 15.0 Å². The molecule has 0 amide bonds. The molecule has 0 saturated heterocycles. The quantitative estimate of drug-likeness (QED) is 0.725. The molecular weight excluding hydrogens is 304 g/mol. The second kappa shape index (κ2) is 7.32. The summed E-state index contributed by atoms with van der Waals surface area (Å²) in [5.74, 6) is 0.0727. The third-order valence-electron chi connectivity index (χ3n) is 3.21. The number of benzene rings is 1. The summed E-state index contributed by atoms with van der Waals surface area (Å²) in [6.07, 6.45) is 3.38. The Morgan fingerprint density at radius 2 is 1.96 bits per heavy atom. The number of hydrogen-bond donors (Lipinski definition) is 1. The van der Waals surface area contributed by atoms with Crippen molar-refractivity contribution in [3.63, 3.8) is 0 Å². The van der Waals surface area contributed by atoms with Crippen LogP contribution in [0.25, 0.3) is 11.4 Å². The van der Waals surface area contributed by atoms with E-state index in [-0.39, 0.29) is 5.97 Å². The molecule has 0 aliphatic heterocycles. The second-order valence-corrected chi connectivity index (χ2v) is 4.91. The van der Waals surface area contributed by atoms with Gasteiger partial charge in [-0.05, 0) is 43.3 Å². The van der Waals surface area contributed by atoms with Crippen LogP contribution in [0.3, 0.4) is 0 Å². The molecule has 3 aromatic rings. The van der Waals surface area contributed by atoms with Gasteiger partial charge in [0.1, 0.15) is 0 Å². The van der Waals surface area contributed by atoms with Crippen LogP contribution < -0.4 is 5.32 Å². The van der Waals surface area contributed by atoms with Crippen LogP contribution in [0.5, 0.6) is 0 Å². The monoisotopic (exact) mass is 320 g/mol. The lowest BCUT2D eigenvalue weighted by Gasteiger charge is -2.08. The van der Waals surface area contributed by atoms with Crippen LogP contribution in [0, 0.1) is 0 Å². The first-order valence-corrected chi connectivity index (χ1v) is 7.55. The average Bonchev–Trinajstić information content (AvgIpc) is 2.63. The highest BCUT2D eigenvalue weighted by molar-refractivity contribution is 5.90. The highest BCUT2D eigenvalue weighted by atomic mass is 16.5. The molecule has 1 N–H and O–H groups in total. The molecule has 0 saturated carbocycles. The maximum atomic E-state index is 11.8. The molecule has 2 aromatic heterocycles. The first-order chi connectivity index (χ1) is 11.8. The van der Waals surface area contributed by atoms with E-state index in [2.05, 4.69) is 20.3 Å². The van der Waals surface area contributed by atoms with Crippen LogP contribution in [-0.4, -0.2) is 27.5 Å². The lowest BCUT2D eigenvalue weighted by atomic mass is 10.2. The third kappa shape index (κ3) is 3.73. The van der Waals surface area contributed by atoms with Crippen molar-refractivity contribution < 1.29 is 9.53 Å². The smallest absolute Gasteiger partial charge is 0.338 e. The number of nitrogens with one attached hydrogen (secondary N) is 1. The van der Waals surface area contributed by atoms with Crippen molar-refractivity contribution in [3.8, 4) is 11.4 Å². The molecule has 6 heteroatoms. The molecule has 0 radical (unpaired) electrons. The van der Waals surface area contributed by atoms with Gasteiger partial charge >= 0.3 is 5.97 Å². The Bertz CT molecular complexity index is 837. The van der Waals surface area contributed by atoms with Gasteiger partial charge in [-0.15, -0.1) is 0 Å². The summed E-state index contributed by atoms with van der Waals surface area (Å²) in [6.45, 7) is 2.11. The minimum Gasteiger partial charge on any atom is -0.462 e. The Balaban J connectivity index is 1.82. The van der Waals surface area contributed by atoms with E-state index < -0.39 is 0 Å². The Kier molecular flexibility index (Phi) is 4.76. The summed E-state index contributed by atoms with van der Waals surface area (Å²) in [5, 5.41) is 3.09. The zero-order chi connectivity index (χ0) is 16.8. The number of nitrogens with zero attached hydrogens (tertiary/aromatic N) is 3. The van der Waals surface area contributed by atoms with E-state index in [4.69, 9.17) is 4.74 Å². The predicted octanol–water partition coefficient (Wildman–Crippen LogP) is 3.46. The zero-order valence-corrected chi connectivity index (χ0v) is 13.1. The summed E-state index contributed by atoms with van der Waals surface area (Å²) < 4.78 is 5.00. The Morgan fingerprint density at radius 1 is 1.04 bits per heavy atom. The second-order valence-electron chi connectivity index (χ2n) is 4.91. The normalized spacial score (nSPS) is 10.2. The molecule has 0 aliphatic carbocycles. The lowest BCUT2D eigenvalue weighted by molar-refractivity contribution is 0.0526. The van der Waals surface area contributed by atoms with Crippen molar-refractivity contribution in [1.29, 1.82) is 0 Å². The number of carbonyl (C=O) groups excluding carboxylic acids is 1. The van der Waals surface area contributed by atoms with Crippen molar-refractivity contribution in [2.75, 3.05) is 11.9 Å². The predicted molar refractivity (Wildman–Crippen MR) is 90.9 cm³/mol. The molecule has 0 aliphatic rings. The fraction of sp³-hybridized carbons (Fsp3) is 0.111. The number of aromatic nitrogens is 3. The largest absolute Gasteiger partial charge is 0.462 e. The number of hydrogen-bond acceptors (Lipinski definition) is 6. The van der Waals surface area contributed by atoms with Crippen LogP contribution in [0.15, 0.2) is 60.9 Å². The summed E-state index contributed by atoms with van der Waals surface area (Å²) in [4.78, 5) is 24.7. The van der Waals surface area contributed by atoms with Crippen LogP contribution in [0.4, 0.5) is 11.6 Å². The van der Waals surface area contributed by atoms with Gasteiger partial charge in [0.05, 0.1) is 23.6 Å². The van der Waals surface area contributed by atoms with E-state index in [1.165, 1.54) is 0 Å². The first kappa shape index (κ1) is 15.6. The van der Waals surface area contributed by atoms with Crippen LogP contribution in [-0.2, 0) is 4.74 Å². The van der Waals surface area contributed by atoms with Crippen molar-refractivity contribution in [3.05, 3.63) is 66.5 Å². The van der Waals surface area contributed by atoms with Crippen molar-refractivity contribution >= 4 is 17.6 Å². The molecule has 2 heterocycles. The van der Waals surface area contributed by atoms with E-state index in [0.29, 0.717) is 23.8 Å². The van der Waals surface area contributed by atoms with Crippen molar-refractivity contribution in [2.45, 2.75) is 6.92 Å². The summed E-state index contributed by atoms with van der Waals surface area (Å²) >= 11 is 0. The highest BCUT2D eigenvalue weighted by Crippen LogP contribution is 2.18.